The van der Waals surface area contributed by atoms with Gasteiger partial charge in [0.05, 0.1) is 0 Å². The first kappa shape index (κ1) is 11.5. The lowest BCUT2D eigenvalue weighted by molar-refractivity contribution is 0.101. The SMILES string of the molecule is CCc1ccc(C(=O)c2cccc(N)c2C)o1. The first-order valence-corrected chi connectivity index (χ1v) is 5.62. The molecule has 0 aliphatic carbocycles. The molecule has 0 atom stereocenters. The van der Waals surface area contributed by atoms with E-state index in [1.54, 1.807) is 24.3 Å². The summed E-state index contributed by atoms with van der Waals surface area (Å²) >= 11 is 0. The van der Waals surface area contributed by atoms with Gasteiger partial charge in [-0.2, -0.15) is 0 Å². The molecule has 0 radical (unpaired) electrons. The molecule has 1 aromatic heterocycles. The molecular weight excluding hydrogens is 214 g/mol. The first-order valence-electron chi connectivity index (χ1n) is 5.62. The average Bonchev–Trinajstić information content (AvgIpc) is 2.80. The molecule has 0 unspecified atom stereocenters. The second-order valence-electron chi connectivity index (χ2n) is 3.97. The number of hydrogen-bond donors (Lipinski definition) is 1. The van der Waals surface area contributed by atoms with Crippen LogP contribution in [-0.4, -0.2) is 5.78 Å². The molecule has 1 aromatic carbocycles. The van der Waals surface area contributed by atoms with Crippen molar-refractivity contribution in [2.45, 2.75) is 20.3 Å². The molecule has 0 aliphatic rings. The normalized spacial score (nSPS) is 10.5. The molecule has 1 heterocycles. The average molecular weight is 229 g/mol. The predicted octanol–water partition coefficient (Wildman–Crippen LogP) is 2.96. The Morgan fingerprint density at radius 2 is 2.06 bits per heavy atom. The number of nitrogen functional groups attached to an aromatic ring is 1. The van der Waals surface area contributed by atoms with Crippen molar-refractivity contribution in [2.24, 2.45) is 0 Å². The van der Waals surface area contributed by atoms with Crippen LogP contribution in [0, 0.1) is 6.92 Å². The maximum atomic E-state index is 12.2. The summed E-state index contributed by atoms with van der Waals surface area (Å²) < 4.78 is 5.45. The van der Waals surface area contributed by atoms with Gasteiger partial charge in [0.15, 0.2) is 5.76 Å². The molecule has 2 rings (SSSR count). The van der Waals surface area contributed by atoms with Gasteiger partial charge in [-0.05, 0) is 30.7 Å². The van der Waals surface area contributed by atoms with E-state index < -0.39 is 0 Å². The molecule has 3 heteroatoms. The minimum absolute atomic E-state index is 0.116. The minimum Gasteiger partial charge on any atom is -0.458 e. The maximum Gasteiger partial charge on any atom is 0.228 e. The molecule has 17 heavy (non-hydrogen) atoms. The Labute approximate surface area is 100 Å². The van der Waals surface area contributed by atoms with Crippen molar-refractivity contribution < 1.29 is 9.21 Å². The van der Waals surface area contributed by atoms with E-state index in [4.69, 9.17) is 10.2 Å². The Morgan fingerprint density at radius 1 is 1.29 bits per heavy atom. The molecule has 0 aliphatic heterocycles. The monoisotopic (exact) mass is 229 g/mol. The van der Waals surface area contributed by atoms with Crippen LogP contribution in [0.5, 0.6) is 0 Å². The third-order valence-electron chi connectivity index (χ3n) is 2.85. The predicted molar refractivity (Wildman–Crippen MR) is 67.1 cm³/mol. The molecule has 0 bridgehead atoms. The van der Waals surface area contributed by atoms with Gasteiger partial charge in [0.1, 0.15) is 5.76 Å². The zero-order valence-electron chi connectivity index (χ0n) is 9.99. The van der Waals surface area contributed by atoms with Crippen molar-refractivity contribution in [1.29, 1.82) is 0 Å². The van der Waals surface area contributed by atoms with E-state index in [1.807, 2.05) is 19.9 Å². The molecule has 0 saturated heterocycles. The van der Waals surface area contributed by atoms with E-state index in [9.17, 15) is 4.79 Å². The van der Waals surface area contributed by atoms with Crippen LogP contribution in [0.4, 0.5) is 5.69 Å². The summed E-state index contributed by atoms with van der Waals surface area (Å²) in [5, 5.41) is 0. The zero-order chi connectivity index (χ0) is 12.4. The van der Waals surface area contributed by atoms with Crippen LogP contribution >= 0.6 is 0 Å². The third kappa shape index (κ3) is 2.09. The number of aryl methyl sites for hydroxylation is 1. The fourth-order valence-corrected chi connectivity index (χ4v) is 1.72. The number of rotatable bonds is 3. The highest BCUT2D eigenvalue weighted by Crippen LogP contribution is 2.20. The second-order valence-corrected chi connectivity index (χ2v) is 3.97. The van der Waals surface area contributed by atoms with Crippen molar-refractivity contribution in [3.05, 3.63) is 53.0 Å². The fraction of sp³-hybridized carbons (Fsp3) is 0.214. The lowest BCUT2D eigenvalue weighted by Crippen LogP contribution is -2.04. The number of benzene rings is 1. The zero-order valence-corrected chi connectivity index (χ0v) is 9.99. The van der Waals surface area contributed by atoms with E-state index in [1.165, 1.54) is 0 Å². The quantitative estimate of drug-likeness (QED) is 0.650. The smallest absolute Gasteiger partial charge is 0.228 e. The van der Waals surface area contributed by atoms with Gasteiger partial charge in [-0.15, -0.1) is 0 Å². The maximum absolute atomic E-state index is 12.2. The highest BCUT2D eigenvalue weighted by atomic mass is 16.3. The number of anilines is 1. The van der Waals surface area contributed by atoms with Gasteiger partial charge in [0, 0.05) is 17.7 Å². The Bertz CT molecular complexity index is 555. The third-order valence-corrected chi connectivity index (χ3v) is 2.85. The van der Waals surface area contributed by atoms with Crippen molar-refractivity contribution in [3.63, 3.8) is 0 Å². The number of carbonyl (C=O) groups excluding carboxylic acids is 1. The molecule has 3 nitrogen and oxygen atoms in total. The van der Waals surface area contributed by atoms with Gasteiger partial charge >= 0.3 is 0 Å². The number of hydrogen-bond acceptors (Lipinski definition) is 3. The summed E-state index contributed by atoms with van der Waals surface area (Å²) in [7, 11) is 0. The van der Waals surface area contributed by atoms with Crippen LogP contribution < -0.4 is 5.73 Å². The van der Waals surface area contributed by atoms with Gasteiger partial charge in [0.25, 0.3) is 0 Å². The molecule has 2 N–H and O–H groups in total. The molecule has 0 amide bonds. The van der Waals surface area contributed by atoms with E-state index in [0.717, 1.165) is 17.7 Å². The molecule has 0 spiro atoms. The van der Waals surface area contributed by atoms with Gasteiger partial charge in [-0.1, -0.05) is 19.1 Å². The van der Waals surface area contributed by atoms with Crippen molar-refractivity contribution in [1.82, 2.24) is 0 Å². The Hall–Kier alpha value is -2.03. The second kappa shape index (κ2) is 4.45. The van der Waals surface area contributed by atoms with E-state index >= 15 is 0 Å². The van der Waals surface area contributed by atoms with Crippen LogP contribution in [-0.2, 0) is 6.42 Å². The number of ketones is 1. The largest absolute Gasteiger partial charge is 0.458 e. The Kier molecular flexibility index (Phi) is 3.00. The first-order chi connectivity index (χ1) is 8.13. The minimum atomic E-state index is -0.116. The van der Waals surface area contributed by atoms with Crippen LogP contribution in [0.15, 0.2) is 34.7 Å². The highest BCUT2D eigenvalue weighted by molar-refractivity contribution is 6.08. The van der Waals surface area contributed by atoms with Gasteiger partial charge in [-0.3, -0.25) is 4.79 Å². The standard InChI is InChI=1S/C14H15NO2/c1-3-10-7-8-13(17-10)14(16)11-5-4-6-12(15)9(11)2/h4-8H,3,15H2,1-2H3. The van der Waals surface area contributed by atoms with Crippen molar-refractivity contribution in [3.8, 4) is 0 Å². The molecule has 2 aromatic rings. The molecular formula is C14H15NO2. The lowest BCUT2D eigenvalue weighted by atomic mass is 10.0. The van der Waals surface area contributed by atoms with E-state index in [0.29, 0.717) is 17.0 Å². The van der Waals surface area contributed by atoms with Gasteiger partial charge in [-0.25, -0.2) is 0 Å². The summed E-state index contributed by atoms with van der Waals surface area (Å²) in [6.07, 6.45) is 0.781. The summed E-state index contributed by atoms with van der Waals surface area (Å²) in [5.41, 5.74) is 7.81. The van der Waals surface area contributed by atoms with Crippen LogP contribution in [0.3, 0.4) is 0 Å². The van der Waals surface area contributed by atoms with Crippen molar-refractivity contribution >= 4 is 11.5 Å². The van der Waals surface area contributed by atoms with E-state index in [2.05, 4.69) is 0 Å². The molecule has 88 valence electrons. The van der Waals surface area contributed by atoms with E-state index in [-0.39, 0.29) is 5.78 Å². The van der Waals surface area contributed by atoms with Gasteiger partial charge in [0.2, 0.25) is 5.78 Å². The summed E-state index contributed by atoms with van der Waals surface area (Å²) in [6.45, 7) is 3.82. The fourth-order valence-electron chi connectivity index (χ4n) is 1.72. The summed E-state index contributed by atoms with van der Waals surface area (Å²) in [5.74, 6) is 1.07. The molecule has 0 fully saturated rings. The lowest BCUT2D eigenvalue weighted by Gasteiger charge is -2.05. The van der Waals surface area contributed by atoms with Crippen LogP contribution in [0.25, 0.3) is 0 Å². The summed E-state index contributed by atoms with van der Waals surface area (Å²) in [6, 6.07) is 8.87. The van der Waals surface area contributed by atoms with Crippen molar-refractivity contribution in [2.75, 3.05) is 5.73 Å². The van der Waals surface area contributed by atoms with Crippen LogP contribution in [0.1, 0.15) is 34.4 Å². The van der Waals surface area contributed by atoms with Gasteiger partial charge < -0.3 is 10.2 Å². The topological polar surface area (TPSA) is 56.2 Å². The summed E-state index contributed by atoms with van der Waals surface area (Å²) in [4.78, 5) is 12.2. The Balaban J connectivity index is 2.40. The number of nitrogens with two attached hydrogens (primary N) is 1. The number of carbonyl (C=O) groups is 1. The highest BCUT2D eigenvalue weighted by Gasteiger charge is 2.16. The van der Waals surface area contributed by atoms with Crippen LogP contribution in [0.2, 0.25) is 0 Å². The molecule has 0 saturated carbocycles. The number of furan rings is 1. The Morgan fingerprint density at radius 3 is 2.71 bits per heavy atom.